The fourth-order valence-electron chi connectivity index (χ4n) is 3.84. The van der Waals surface area contributed by atoms with E-state index in [1.807, 2.05) is 18.2 Å². The van der Waals surface area contributed by atoms with Gasteiger partial charge < -0.3 is 5.73 Å². The van der Waals surface area contributed by atoms with Gasteiger partial charge in [0.1, 0.15) is 5.78 Å². The monoisotopic (exact) mass is 298 g/mol. The summed E-state index contributed by atoms with van der Waals surface area (Å²) < 4.78 is 0. The summed E-state index contributed by atoms with van der Waals surface area (Å²) in [5, 5.41) is 0. The SMILES string of the molecule is CC1(C)Cc2cc(N)ccc2C(CC(=O)C2CCCCC2)=N1. The standard InChI is InChI=1S/C19H26N2O/c1-19(2)12-14-10-15(20)8-9-16(14)17(21-19)11-18(22)13-6-4-3-5-7-13/h8-10,13H,3-7,11-12,20H2,1-2H3. The molecule has 1 heterocycles. The zero-order valence-electron chi connectivity index (χ0n) is 13.7. The molecule has 2 N–H and O–H groups in total. The summed E-state index contributed by atoms with van der Waals surface area (Å²) in [6.07, 6.45) is 7.15. The lowest BCUT2D eigenvalue weighted by molar-refractivity contribution is -0.122. The van der Waals surface area contributed by atoms with Gasteiger partial charge in [-0.3, -0.25) is 9.79 Å². The molecule has 1 fully saturated rings. The fraction of sp³-hybridized carbons (Fsp3) is 0.579. The Labute approximate surface area is 133 Å². The molecule has 1 saturated carbocycles. The number of aliphatic imine (C=N–C) groups is 1. The lowest BCUT2D eigenvalue weighted by Gasteiger charge is -2.30. The largest absolute Gasteiger partial charge is 0.399 e. The van der Waals surface area contributed by atoms with Gasteiger partial charge in [-0.15, -0.1) is 0 Å². The number of hydrogen-bond donors (Lipinski definition) is 1. The maximum atomic E-state index is 12.6. The van der Waals surface area contributed by atoms with Crippen LogP contribution < -0.4 is 5.73 Å². The topological polar surface area (TPSA) is 55.5 Å². The number of nitrogen functional groups attached to an aromatic ring is 1. The number of benzene rings is 1. The van der Waals surface area contributed by atoms with Crippen LogP contribution in [-0.2, 0) is 11.2 Å². The molecule has 3 rings (SSSR count). The van der Waals surface area contributed by atoms with Crippen LogP contribution in [0.4, 0.5) is 5.69 Å². The van der Waals surface area contributed by atoms with Gasteiger partial charge in [-0.1, -0.05) is 25.3 Å². The Balaban J connectivity index is 1.85. The van der Waals surface area contributed by atoms with Gasteiger partial charge in [0.25, 0.3) is 0 Å². The average Bonchev–Trinajstić information content (AvgIpc) is 2.46. The molecule has 0 bridgehead atoms. The summed E-state index contributed by atoms with van der Waals surface area (Å²) in [5.74, 6) is 0.623. The number of hydrogen-bond acceptors (Lipinski definition) is 3. The van der Waals surface area contributed by atoms with Crippen molar-refractivity contribution in [2.75, 3.05) is 5.73 Å². The minimum absolute atomic E-state index is 0.150. The zero-order valence-corrected chi connectivity index (χ0v) is 13.7. The van der Waals surface area contributed by atoms with E-state index >= 15 is 0 Å². The van der Waals surface area contributed by atoms with Crippen molar-refractivity contribution in [3.05, 3.63) is 29.3 Å². The first kappa shape index (κ1) is 15.3. The van der Waals surface area contributed by atoms with Crippen LogP contribution in [0.3, 0.4) is 0 Å². The van der Waals surface area contributed by atoms with E-state index in [0.29, 0.717) is 12.2 Å². The molecule has 0 atom stereocenters. The molecule has 0 aromatic heterocycles. The molecule has 0 unspecified atom stereocenters. The van der Waals surface area contributed by atoms with Gasteiger partial charge in [0.05, 0.1) is 11.3 Å². The summed E-state index contributed by atoms with van der Waals surface area (Å²) in [7, 11) is 0. The predicted molar refractivity (Wildman–Crippen MR) is 91.4 cm³/mol. The van der Waals surface area contributed by atoms with Gasteiger partial charge in [0, 0.05) is 18.0 Å². The summed E-state index contributed by atoms with van der Waals surface area (Å²) in [6.45, 7) is 4.26. The summed E-state index contributed by atoms with van der Waals surface area (Å²) in [5.41, 5.74) is 9.87. The first-order chi connectivity index (χ1) is 10.4. The van der Waals surface area contributed by atoms with E-state index in [9.17, 15) is 4.79 Å². The maximum absolute atomic E-state index is 12.6. The van der Waals surface area contributed by atoms with Crippen LogP contribution in [0.1, 0.15) is 63.5 Å². The Hall–Kier alpha value is -1.64. The molecule has 2 aliphatic rings. The molecular weight excluding hydrogens is 272 g/mol. The third kappa shape index (κ3) is 3.23. The molecule has 1 aliphatic heterocycles. The normalized spacial score (nSPS) is 21.1. The number of nitrogens with zero attached hydrogens (tertiary/aromatic N) is 1. The smallest absolute Gasteiger partial charge is 0.141 e. The Kier molecular flexibility index (Phi) is 4.07. The molecule has 1 aromatic rings. The van der Waals surface area contributed by atoms with Gasteiger partial charge in [-0.2, -0.15) is 0 Å². The van der Waals surface area contributed by atoms with E-state index in [4.69, 9.17) is 10.7 Å². The van der Waals surface area contributed by atoms with E-state index in [1.165, 1.54) is 24.8 Å². The quantitative estimate of drug-likeness (QED) is 0.859. The molecule has 22 heavy (non-hydrogen) atoms. The Bertz CT molecular complexity index is 610. The lowest BCUT2D eigenvalue weighted by Crippen LogP contribution is -2.31. The number of carbonyl (C=O) groups is 1. The van der Waals surface area contributed by atoms with Crippen molar-refractivity contribution >= 4 is 17.2 Å². The first-order valence-electron chi connectivity index (χ1n) is 8.45. The van der Waals surface area contributed by atoms with Crippen molar-refractivity contribution < 1.29 is 4.79 Å². The van der Waals surface area contributed by atoms with Gasteiger partial charge in [0.2, 0.25) is 0 Å². The van der Waals surface area contributed by atoms with E-state index in [2.05, 4.69) is 13.8 Å². The minimum atomic E-state index is -0.150. The summed E-state index contributed by atoms with van der Waals surface area (Å²) in [4.78, 5) is 17.5. The first-order valence-corrected chi connectivity index (χ1v) is 8.45. The highest BCUT2D eigenvalue weighted by Crippen LogP contribution is 2.31. The number of rotatable bonds is 3. The van der Waals surface area contributed by atoms with Crippen LogP contribution >= 0.6 is 0 Å². The molecule has 0 spiro atoms. The molecular formula is C19H26N2O. The Morgan fingerprint density at radius 3 is 2.73 bits per heavy atom. The van der Waals surface area contributed by atoms with Crippen LogP contribution in [0, 0.1) is 5.92 Å². The highest BCUT2D eigenvalue weighted by molar-refractivity contribution is 6.13. The molecule has 3 heteroatoms. The van der Waals surface area contributed by atoms with Crippen molar-refractivity contribution in [3.8, 4) is 0 Å². The second kappa shape index (κ2) is 5.86. The number of anilines is 1. The molecule has 0 saturated heterocycles. The fourth-order valence-corrected chi connectivity index (χ4v) is 3.84. The molecule has 1 aliphatic carbocycles. The molecule has 0 radical (unpaired) electrons. The van der Waals surface area contributed by atoms with Crippen LogP contribution in [0.2, 0.25) is 0 Å². The molecule has 118 valence electrons. The molecule has 1 aromatic carbocycles. The lowest BCUT2D eigenvalue weighted by atomic mass is 9.81. The van der Waals surface area contributed by atoms with E-state index in [1.54, 1.807) is 0 Å². The van der Waals surface area contributed by atoms with Crippen LogP contribution in [0.25, 0.3) is 0 Å². The second-order valence-corrected chi connectivity index (χ2v) is 7.44. The molecule has 3 nitrogen and oxygen atoms in total. The number of carbonyl (C=O) groups excluding carboxylic acids is 1. The van der Waals surface area contributed by atoms with Crippen molar-refractivity contribution in [2.24, 2.45) is 10.9 Å². The Morgan fingerprint density at radius 2 is 2.00 bits per heavy atom. The average molecular weight is 298 g/mol. The predicted octanol–water partition coefficient (Wildman–Crippen LogP) is 3.93. The number of nitrogens with two attached hydrogens (primary N) is 1. The zero-order chi connectivity index (χ0) is 15.7. The van der Waals surface area contributed by atoms with E-state index in [0.717, 1.165) is 36.2 Å². The third-order valence-electron chi connectivity index (χ3n) is 4.90. The van der Waals surface area contributed by atoms with E-state index < -0.39 is 0 Å². The minimum Gasteiger partial charge on any atom is -0.399 e. The highest BCUT2D eigenvalue weighted by Gasteiger charge is 2.29. The molecule has 0 amide bonds. The number of Topliss-reactive ketones (excluding diaryl/α,β-unsaturated/α-hetero) is 1. The summed E-state index contributed by atoms with van der Waals surface area (Å²) in [6, 6.07) is 5.99. The van der Waals surface area contributed by atoms with Crippen LogP contribution in [-0.4, -0.2) is 17.0 Å². The number of fused-ring (bicyclic) bond motifs is 1. The van der Waals surface area contributed by atoms with Gasteiger partial charge in [-0.05, 0) is 56.4 Å². The number of ketones is 1. The van der Waals surface area contributed by atoms with Crippen molar-refractivity contribution in [3.63, 3.8) is 0 Å². The van der Waals surface area contributed by atoms with Gasteiger partial charge in [0.15, 0.2) is 0 Å². The summed E-state index contributed by atoms with van der Waals surface area (Å²) >= 11 is 0. The van der Waals surface area contributed by atoms with Gasteiger partial charge >= 0.3 is 0 Å². The van der Waals surface area contributed by atoms with Crippen molar-refractivity contribution in [1.82, 2.24) is 0 Å². The highest BCUT2D eigenvalue weighted by atomic mass is 16.1. The van der Waals surface area contributed by atoms with Crippen LogP contribution in [0.15, 0.2) is 23.2 Å². The second-order valence-electron chi connectivity index (χ2n) is 7.44. The third-order valence-corrected chi connectivity index (χ3v) is 4.90. The van der Waals surface area contributed by atoms with Crippen LogP contribution in [0.5, 0.6) is 0 Å². The van der Waals surface area contributed by atoms with Crippen molar-refractivity contribution in [2.45, 2.75) is 64.3 Å². The maximum Gasteiger partial charge on any atom is 0.141 e. The van der Waals surface area contributed by atoms with Gasteiger partial charge in [-0.25, -0.2) is 0 Å². The van der Waals surface area contributed by atoms with Crippen molar-refractivity contribution in [1.29, 1.82) is 0 Å². The van der Waals surface area contributed by atoms with E-state index in [-0.39, 0.29) is 11.5 Å². The Morgan fingerprint density at radius 1 is 1.27 bits per heavy atom.